The number of hydrogen-bond acceptors (Lipinski definition) is 4. The van der Waals surface area contributed by atoms with Crippen molar-refractivity contribution >= 4 is 51.0 Å². The molecule has 0 aliphatic carbocycles. The molecule has 4 nitrogen and oxygen atoms in total. The molecule has 136 valence electrons. The van der Waals surface area contributed by atoms with Crippen molar-refractivity contribution in [2.75, 3.05) is 0 Å². The van der Waals surface area contributed by atoms with E-state index in [0.29, 0.717) is 15.9 Å². The minimum Gasteiger partial charge on any atom is -0.464 e. The Labute approximate surface area is 165 Å². The maximum absolute atomic E-state index is 12.6. The van der Waals surface area contributed by atoms with Gasteiger partial charge in [-0.3, -0.25) is 4.79 Å². The fraction of sp³-hybridized carbons (Fsp3) is 0.143. The number of carbonyl (C=O) groups is 1. The molecule has 0 amide bonds. The zero-order chi connectivity index (χ0) is 19.1. The number of ether oxygens (including phenoxy) is 1. The average Bonchev–Trinajstić information content (AvgIpc) is 3.00. The number of fused-ring (bicyclic) bond motifs is 2. The monoisotopic (exact) mass is 399 g/mol. The Morgan fingerprint density at radius 1 is 1.07 bits per heavy atom. The normalized spacial score (nSPS) is 11.3. The van der Waals surface area contributed by atoms with Gasteiger partial charge in [0.25, 0.3) is 0 Å². The van der Waals surface area contributed by atoms with Crippen LogP contribution in [-0.2, 0) is 11.2 Å². The van der Waals surface area contributed by atoms with Gasteiger partial charge < -0.3 is 9.15 Å². The van der Waals surface area contributed by atoms with Crippen LogP contribution in [0, 0.1) is 13.8 Å². The number of furan rings is 1. The minimum atomic E-state index is -0.452. The Kier molecular flexibility index (Phi) is 4.54. The first-order chi connectivity index (χ1) is 12.9. The number of aromatic nitrogens is 1. The summed E-state index contributed by atoms with van der Waals surface area (Å²) < 4.78 is 11.1. The zero-order valence-electron chi connectivity index (χ0n) is 14.7. The summed E-state index contributed by atoms with van der Waals surface area (Å²) in [6.07, 6.45) is 1.64. The van der Waals surface area contributed by atoms with Crippen LogP contribution < -0.4 is 4.74 Å². The number of nitrogens with zero attached hydrogens (tertiary/aromatic N) is 1. The van der Waals surface area contributed by atoms with E-state index in [-0.39, 0.29) is 17.2 Å². The summed E-state index contributed by atoms with van der Waals surface area (Å²) in [6, 6.07) is 11.1. The van der Waals surface area contributed by atoms with Crippen LogP contribution in [0.2, 0.25) is 10.0 Å². The molecule has 2 aromatic heterocycles. The number of pyridine rings is 1. The summed E-state index contributed by atoms with van der Waals surface area (Å²) in [5.74, 6) is -0.236. The summed E-state index contributed by atoms with van der Waals surface area (Å²) >= 11 is 12.5. The van der Waals surface area contributed by atoms with E-state index in [1.54, 1.807) is 12.3 Å². The Balaban J connectivity index is 1.67. The van der Waals surface area contributed by atoms with E-state index in [1.165, 1.54) is 0 Å². The second kappa shape index (κ2) is 6.87. The number of carbonyl (C=O) groups excluding carboxylic acids is 1. The molecule has 0 unspecified atom stereocenters. The van der Waals surface area contributed by atoms with Gasteiger partial charge in [-0.25, -0.2) is 4.98 Å². The highest BCUT2D eigenvalue weighted by Gasteiger charge is 2.18. The molecule has 0 aliphatic heterocycles. The van der Waals surface area contributed by atoms with Gasteiger partial charge in [-0.15, -0.1) is 0 Å². The molecule has 0 spiro atoms. The quantitative estimate of drug-likeness (QED) is 0.310. The average molecular weight is 400 g/mol. The third kappa shape index (κ3) is 3.38. The molecule has 2 heterocycles. The molecule has 0 saturated carbocycles. The summed E-state index contributed by atoms with van der Waals surface area (Å²) in [4.78, 5) is 17.0. The smallest absolute Gasteiger partial charge is 0.315 e. The number of esters is 1. The predicted octanol–water partition coefficient (Wildman–Crippen LogP) is 6.05. The van der Waals surface area contributed by atoms with Gasteiger partial charge in [-0.1, -0.05) is 35.3 Å². The first-order valence-electron chi connectivity index (χ1n) is 8.35. The molecule has 4 aromatic rings. The first-order valence-corrected chi connectivity index (χ1v) is 9.11. The lowest BCUT2D eigenvalue weighted by Crippen LogP contribution is -2.12. The number of aryl methyl sites for hydroxylation is 2. The van der Waals surface area contributed by atoms with Crippen molar-refractivity contribution in [2.45, 2.75) is 20.3 Å². The van der Waals surface area contributed by atoms with Crippen LogP contribution in [0.15, 0.2) is 47.1 Å². The Bertz CT molecular complexity index is 1200. The number of hydrogen-bond donors (Lipinski definition) is 0. The third-order valence-electron chi connectivity index (χ3n) is 4.34. The van der Waals surface area contributed by atoms with Crippen molar-refractivity contribution in [2.24, 2.45) is 0 Å². The molecular formula is C21H15Cl2NO3. The largest absolute Gasteiger partial charge is 0.464 e. The third-order valence-corrected chi connectivity index (χ3v) is 4.93. The molecular weight excluding hydrogens is 385 g/mol. The summed E-state index contributed by atoms with van der Waals surface area (Å²) in [5, 5.41) is 2.27. The zero-order valence-corrected chi connectivity index (χ0v) is 16.2. The van der Waals surface area contributed by atoms with Gasteiger partial charge in [0.2, 0.25) is 0 Å². The topological polar surface area (TPSA) is 52.3 Å². The van der Waals surface area contributed by atoms with Crippen LogP contribution in [0.1, 0.15) is 16.8 Å². The highest BCUT2D eigenvalue weighted by molar-refractivity contribution is 6.39. The Morgan fingerprint density at radius 2 is 1.85 bits per heavy atom. The fourth-order valence-corrected chi connectivity index (χ4v) is 3.57. The molecule has 0 atom stereocenters. The van der Waals surface area contributed by atoms with Crippen molar-refractivity contribution in [1.82, 2.24) is 4.98 Å². The second-order valence-corrected chi connectivity index (χ2v) is 7.24. The number of halogens is 2. The van der Waals surface area contributed by atoms with Crippen LogP contribution in [0.3, 0.4) is 0 Å². The molecule has 0 N–H and O–H groups in total. The maximum Gasteiger partial charge on any atom is 0.315 e. The molecule has 2 aromatic carbocycles. The molecule has 0 fully saturated rings. The van der Waals surface area contributed by atoms with E-state index in [4.69, 9.17) is 32.4 Å². The standard InChI is InChI=1S/C21H15Cl2NO3/c1-11-3-5-14-13(10-26-18(14)7-11)8-19(25)27-21-17(23)9-16(22)15-6-4-12(2)24-20(15)21/h3-7,9-10H,8H2,1-2H3. The second-order valence-electron chi connectivity index (χ2n) is 6.43. The lowest BCUT2D eigenvalue weighted by atomic mass is 10.1. The SMILES string of the molecule is Cc1ccc2c(CC(=O)Oc3c(Cl)cc(Cl)c4ccc(C)nc34)coc2c1. The van der Waals surface area contributed by atoms with Crippen molar-refractivity contribution in [3.05, 3.63) is 69.5 Å². The Morgan fingerprint density at radius 3 is 2.67 bits per heavy atom. The highest BCUT2D eigenvalue weighted by Crippen LogP contribution is 2.37. The van der Waals surface area contributed by atoms with Gasteiger partial charge in [0, 0.05) is 22.0 Å². The lowest BCUT2D eigenvalue weighted by Gasteiger charge is -2.11. The van der Waals surface area contributed by atoms with Crippen LogP contribution >= 0.6 is 23.2 Å². The molecule has 0 saturated heterocycles. The van der Waals surface area contributed by atoms with Gasteiger partial charge in [-0.2, -0.15) is 0 Å². The van der Waals surface area contributed by atoms with E-state index >= 15 is 0 Å². The summed E-state index contributed by atoms with van der Waals surface area (Å²) in [5.41, 5.74) is 3.83. The molecule has 27 heavy (non-hydrogen) atoms. The number of benzene rings is 2. The fourth-order valence-electron chi connectivity index (χ4n) is 3.02. The van der Waals surface area contributed by atoms with Crippen molar-refractivity contribution in [3.63, 3.8) is 0 Å². The molecule has 6 heteroatoms. The van der Waals surface area contributed by atoms with Gasteiger partial charge in [-0.05, 0) is 43.7 Å². The lowest BCUT2D eigenvalue weighted by molar-refractivity contribution is -0.133. The van der Waals surface area contributed by atoms with E-state index < -0.39 is 5.97 Å². The molecule has 0 bridgehead atoms. The van der Waals surface area contributed by atoms with E-state index in [0.717, 1.165) is 27.8 Å². The van der Waals surface area contributed by atoms with Gasteiger partial charge in [0.05, 0.1) is 22.7 Å². The van der Waals surface area contributed by atoms with E-state index in [2.05, 4.69) is 4.98 Å². The van der Waals surface area contributed by atoms with Crippen LogP contribution in [0.5, 0.6) is 5.75 Å². The van der Waals surface area contributed by atoms with Crippen LogP contribution in [0.4, 0.5) is 0 Å². The molecule has 4 rings (SSSR count). The number of rotatable bonds is 3. The van der Waals surface area contributed by atoms with Crippen molar-refractivity contribution < 1.29 is 13.9 Å². The van der Waals surface area contributed by atoms with Gasteiger partial charge >= 0.3 is 5.97 Å². The van der Waals surface area contributed by atoms with Crippen LogP contribution in [-0.4, -0.2) is 11.0 Å². The van der Waals surface area contributed by atoms with Gasteiger partial charge in [0.1, 0.15) is 11.1 Å². The van der Waals surface area contributed by atoms with Gasteiger partial charge in [0.15, 0.2) is 5.75 Å². The molecule has 0 aliphatic rings. The predicted molar refractivity (Wildman–Crippen MR) is 107 cm³/mol. The summed E-state index contributed by atoms with van der Waals surface area (Å²) in [7, 11) is 0. The summed E-state index contributed by atoms with van der Waals surface area (Å²) in [6.45, 7) is 3.83. The van der Waals surface area contributed by atoms with E-state index in [9.17, 15) is 4.79 Å². The Hall–Kier alpha value is -2.56. The van der Waals surface area contributed by atoms with E-state index in [1.807, 2.05) is 44.2 Å². The highest BCUT2D eigenvalue weighted by atomic mass is 35.5. The van der Waals surface area contributed by atoms with Crippen molar-refractivity contribution in [3.8, 4) is 5.75 Å². The molecule has 0 radical (unpaired) electrons. The first kappa shape index (κ1) is 17.8. The van der Waals surface area contributed by atoms with Crippen LogP contribution in [0.25, 0.3) is 21.9 Å². The van der Waals surface area contributed by atoms with Crippen molar-refractivity contribution in [1.29, 1.82) is 0 Å². The maximum atomic E-state index is 12.6. The minimum absolute atomic E-state index is 0.0579.